The number of carbonyl (C=O) groups excluding carboxylic acids is 1. The molecule has 8 heteroatoms. The molecule has 0 aliphatic carbocycles. The number of amides is 1. The molecule has 1 aliphatic heterocycles. The van der Waals surface area contributed by atoms with Crippen molar-refractivity contribution in [1.82, 2.24) is 19.6 Å². The lowest BCUT2D eigenvalue weighted by molar-refractivity contribution is 0.0619. The number of rotatable bonds is 8. The van der Waals surface area contributed by atoms with Crippen LogP contribution in [0.15, 0.2) is 78.9 Å². The van der Waals surface area contributed by atoms with E-state index in [2.05, 4.69) is 29.2 Å². The number of carbonyl (C=O) groups is 1. The van der Waals surface area contributed by atoms with Gasteiger partial charge in [0.1, 0.15) is 22.9 Å². The first kappa shape index (κ1) is 25.4. The Bertz CT molecular complexity index is 1380. The van der Waals surface area contributed by atoms with Gasteiger partial charge in [0.05, 0.1) is 32.7 Å². The Kier molecular flexibility index (Phi) is 7.60. The molecule has 8 nitrogen and oxygen atoms in total. The summed E-state index contributed by atoms with van der Waals surface area (Å²) in [7, 11) is 4.85. The molecule has 0 saturated carbocycles. The highest BCUT2D eigenvalue weighted by Gasteiger charge is 2.27. The van der Waals surface area contributed by atoms with Crippen LogP contribution in [0, 0.1) is 0 Å². The second kappa shape index (κ2) is 11.4. The number of nitrogens with zero attached hydrogens (tertiary/aromatic N) is 4. The van der Waals surface area contributed by atoms with Crippen molar-refractivity contribution in [1.29, 1.82) is 0 Å². The number of hydrogen-bond donors (Lipinski definition) is 0. The van der Waals surface area contributed by atoms with Crippen LogP contribution in [-0.4, -0.2) is 73.0 Å². The van der Waals surface area contributed by atoms with Crippen LogP contribution in [0.4, 0.5) is 0 Å². The van der Waals surface area contributed by atoms with Gasteiger partial charge in [0.15, 0.2) is 0 Å². The van der Waals surface area contributed by atoms with E-state index in [0.29, 0.717) is 36.0 Å². The van der Waals surface area contributed by atoms with Crippen molar-refractivity contribution in [2.45, 2.75) is 6.54 Å². The minimum Gasteiger partial charge on any atom is -0.497 e. The second-order valence-corrected chi connectivity index (χ2v) is 9.14. The van der Waals surface area contributed by atoms with E-state index in [9.17, 15) is 4.79 Å². The lowest BCUT2D eigenvalue weighted by atomic mass is 10.1. The van der Waals surface area contributed by atoms with Gasteiger partial charge in [0, 0.05) is 44.4 Å². The minimum absolute atomic E-state index is 0.0496. The number of benzene rings is 3. The summed E-state index contributed by atoms with van der Waals surface area (Å²) in [5, 5.41) is 4.85. The highest BCUT2D eigenvalue weighted by molar-refractivity contribution is 5.94. The molecule has 1 amide bonds. The van der Waals surface area contributed by atoms with E-state index in [1.165, 1.54) is 5.56 Å². The van der Waals surface area contributed by atoms with Crippen LogP contribution in [0.1, 0.15) is 16.1 Å². The van der Waals surface area contributed by atoms with E-state index in [4.69, 9.17) is 19.3 Å². The van der Waals surface area contributed by atoms with Crippen molar-refractivity contribution in [3.05, 3.63) is 90.1 Å². The van der Waals surface area contributed by atoms with E-state index < -0.39 is 0 Å². The monoisotopic (exact) mass is 512 g/mol. The molecule has 0 atom stereocenters. The van der Waals surface area contributed by atoms with Gasteiger partial charge in [-0.05, 0) is 48.0 Å². The summed E-state index contributed by atoms with van der Waals surface area (Å²) in [4.78, 5) is 18.1. The highest BCUT2D eigenvalue weighted by Crippen LogP contribution is 2.34. The normalized spacial score (nSPS) is 13.8. The summed E-state index contributed by atoms with van der Waals surface area (Å²) in [5.41, 5.74) is 3.98. The average molecular weight is 513 g/mol. The highest BCUT2D eigenvalue weighted by atomic mass is 16.5. The lowest BCUT2D eigenvalue weighted by Crippen LogP contribution is -2.48. The Labute approximate surface area is 223 Å². The van der Waals surface area contributed by atoms with Gasteiger partial charge in [-0.1, -0.05) is 30.3 Å². The van der Waals surface area contributed by atoms with Crippen molar-refractivity contribution in [2.24, 2.45) is 0 Å². The molecule has 196 valence electrons. The third-order valence-electron chi connectivity index (χ3n) is 6.84. The molecule has 0 N–H and O–H groups in total. The van der Waals surface area contributed by atoms with E-state index >= 15 is 0 Å². The molecular weight excluding hydrogens is 480 g/mol. The van der Waals surface area contributed by atoms with Crippen LogP contribution in [-0.2, 0) is 6.54 Å². The molecule has 3 aromatic carbocycles. The fraction of sp³-hybridized carbons (Fsp3) is 0.267. The molecule has 38 heavy (non-hydrogen) atoms. The zero-order valence-corrected chi connectivity index (χ0v) is 22.0. The van der Waals surface area contributed by atoms with Gasteiger partial charge in [0.25, 0.3) is 5.91 Å². The molecule has 0 radical (unpaired) electrons. The van der Waals surface area contributed by atoms with E-state index in [-0.39, 0.29) is 5.91 Å². The van der Waals surface area contributed by atoms with E-state index in [1.807, 2.05) is 59.5 Å². The first-order valence-corrected chi connectivity index (χ1v) is 12.6. The second-order valence-electron chi connectivity index (χ2n) is 9.14. The van der Waals surface area contributed by atoms with Crippen LogP contribution < -0.4 is 14.2 Å². The first-order chi connectivity index (χ1) is 18.6. The standard InChI is InChI=1S/C30H32N4O4/c1-36-24-11-9-23(10-12-24)34-28(20-27(31-34)26-14-13-25(37-2)19-29(26)38-3)30(35)33-17-15-32(16-18-33)21-22-7-5-4-6-8-22/h4-14,19-20H,15-18,21H2,1-3H3. The van der Waals surface area contributed by atoms with Crippen LogP contribution >= 0.6 is 0 Å². The maximum atomic E-state index is 13.9. The smallest absolute Gasteiger partial charge is 0.272 e. The Morgan fingerprint density at radius 1 is 0.789 bits per heavy atom. The molecule has 1 fully saturated rings. The maximum absolute atomic E-state index is 13.9. The molecule has 1 aliphatic rings. The zero-order valence-electron chi connectivity index (χ0n) is 22.0. The topological polar surface area (TPSA) is 69.1 Å². The van der Waals surface area contributed by atoms with Crippen LogP contribution in [0.25, 0.3) is 16.9 Å². The lowest BCUT2D eigenvalue weighted by Gasteiger charge is -2.34. The summed E-state index contributed by atoms with van der Waals surface area (Å²) < 4.78 is 18.0. The van der Waals surface area contributed by atoms with Gasteiger partial charge in [-0.3, -0.25) is 9.69 Å². The van der Waals surface area contributed by atoms with Gasteiger partial charge >= 0.3 is 0 Å². The zero-order chi connectivity index (χ0) is 26.5. The summed E-state index contributed by atoms with van der Waals surface area (Å²) in [6.07, 6.45) is 0. The number of piperazine rings is 1. The van der Waals surface area contributed by atoms with Crippen molar-refractivity contribution in [3.63, 3.8) is 0 Å². The van der Waals surface area contributed by atoms with Gasteiger partial charge in [-0.15, -0.1) is 0 Å². The number of aromatic nitrogens is 2. The van der Waals surface area contributed by atoms with E-state index in [0.717, 1.165) is 36.6 Å². The molecule has 1 aromatic heterocycles. The van der Waals surface area contributed by atoms with Gasteiger partial charge in [0.2, 0.25) is 0 Å². The van der Waals surface area contributed by atoms with Crippen LogP contribution in [0.2, 0.25) is 0 Å². The summed E-state index contributed by atoms with van der Waals surface area (Å²) >= 11 is 0. The van der Waals surface area contributed by atoms with Gasteiger partial charge in [-0.2, -0.15) is 5.10 Å². The molecule has 1 saturated heterocycles. The van der Waals surface area contributed by atoms with Crippen LogP contribution in [0.5, 0.6) is 17.2 Å². The van der Waals surface area contributed by atoms with Crippen molar-refractivity contribution in [2.75, 3.05) is 47.5 Å². The Morgan fingerprint density at radius 3 is 2.13 bits per heavy atom. The third kappa shape index (κ3) is 5.35. The predicted molar refractivity (Wildman–Crippen MR) is 146 cm³/mol. The van der Waals surface area contributed by atoms with Crippen molar-refractivity contribution < 1.29 is 19.0 Å². The Hall–Kier alpha value is -4.30. The molecule has 0 bridgehead atoms. The third-order valence-corrected chi connectivity index (χ3v) is 6.84. The average Bonchev–Trinajstić information content (AvgIpc) is 3.42. The molecule has 0 spiro atoms. The fourth-order valence-corrected chi connectivity index (χ4v) is 4.71. The number of ether oxygens (including phenoxy) is 3. The van der Waals surface area contributed by atoms with Crippen molar-refractivity contribution in [3.8, 4) is 34.2 Å². The fourth-order valence-electron chi connectivity index (χ4n) is 4.71. The van der Waals surface area contributed by atoms with Gasteiger partial charge in [-0.25, -0.2) is 4.68 Å². The molecule has 5 rings (SSSR count). The van der Waals surface area contributed by atoms with Crippen molar-refractivity contribution >= 4 is 5.91 Å². The number of hydrogen-bond acceptors (Lipinski definition) is 6. The number of methoxy groups -OCH3 is 3. The summed E-state index contributed by atoms with van der Waals surface area (Å²) in [6.45, 7) is 3.82. The maximum Gasteiger partial charge on any atom is 0.272 e. The molecule has 0 unspecified atom stereocenters. The van der Waals surface area contributed by atoms with Gasteiger partial charge < -0.3 is 19.1 Å². The van der Waals surface area contributed by atoms with E-state index in [1.54, 1.807) is 26.0 Å². The molecular formula is C30H32N4O4. The first-order valence-electron chi connectivity index (χ1n) is 12.6. The quantitative estimate of drug-likeness (QED) is 0.346. The SMILES string of the molecule is COc1ccc(-n2nc(-c3ccc(OC)cc3OC)cc2C(=O)N2CCN(Cc3ccccc3)CC2)cc1. The summed E-state index contributed by atoms with van der Waals surface area (Å²) in [6, 6.07) is 25.4. The minimum atomic E-state index is -0.0496. The van der Waals surface area contributed by atoms with Crippen LogP contribution in [0.3, 0.4) is 0 Å². The largest absolute Gasteiger partial charge is 0.497 e. The Balaban J connectivity index is 1.43. The predicted octanol–water partition coefficient (Wildman–Crippen LogP) is 4.52. The molecule has 2 heterocycles. The summed E-state index contributed by atoms with van der Waals surface area (Å²) in [5.74, 6) is 1.99. The Morgan fingerprint density at radius 2 is 1.47 bits per heavy atom. The molecule has 4 aromatic rings.